The highest BCUT2D eigenvalue weighted by atomic mass is 15.1. The third kappa shape index (κ3) is 3.47. The Labute approximate surface area is 124 Å². The average Bonchev–Trinajstić information content (AvgIpc) is 2.36. The fraction of sp³-hybridized carbons (Fsp3) is 0.267. The van der Waals surface area contributed by atoms with Crippen molar-refractivity contribution in [1.29, 1.82) is 5.41 Å². The number of benzene rings is 1. The van der Waals surface area contributed by atoms with Crippen LogP contribution >= 0.6 is 0 Å². The van der Waals surface area contributed by atoms with E-state index in [2.05, 4.69) is 15.3 Å². The second-order valence-electron chi connectivity index (χ2n) is 5.86. The molecule has 1 heterocycles. The molecular weight excluding hydrogens is 264 g/mol. The maximum Gasteiger partial charge on any atom is 0.141 e. The van der Waals surface area contributed by atoms with Crippen LogP contribution in [0.25, 0.3) is 0 Å². The van der Waals surface area contributed by atoms with Gasteiger partial charge in [-0.05, 0) is 32.9 Å². The highest BCUT2D eigenvalue weighted by Crippen LogP contribution is 2.24. The maximum absolute atomic E-state index is 8.40. The lowest BCUT2D eigenvalue weighted by molar-refractivity contribution is 0.630. The highest BCUT2D eigenvalue weighted by molar-refractivity contribution is 6.16. The Bertz CT molecular complexity index is 672. The summed E-state index contributed by atoms with van der Waals surface area (Å²) in [5.74, 6) is 0.812. The van der Waals surface area contributed by atoms with Gasteiger partial charge in [-0.15, -0.1) is 0 Å². The fourth-order valence-electron chi connectivity index (χ4n) is 1.93. The van der Waals surface area contributed by atoms with Crippen LogP contribution < -0.4 is 16.8 Å². The van der Waals surface area contributed by atoms with E-state index < -0.39 is 0 Å². The summed E-state index contributed by atoms with van der Waals surface area (Å²) in [7, 11) is 0. The minimum atomic E-state index is -0.203. The second kappa shape index (κ2) is 5.40. The lowest BCUT2D eigenvalue weighted by Crippen LogP contribution is -2.28. The molecule has 0 unspecified atom stereocenters. The summed E-state index contributed by atoms with van der Waals surface area (Å²) in [6, 6.07) is 7.12. The zero-order valence-corrected chi connectivity index (χ0v) is 12.4. The first-order chi connectivity index (χ1) is 9.78. The van der Waals surface area contributed by atoms with Gasteiger partial charge in [0.2, 0.25) is 0 Å². The Morgan fingerprint density at radius 3 is 2.52 bits per heavy atom. The van der Waals surface area contributed by atoms with Crippen LogP contribution in [-0.4, -0.2) is 21.2 Å². The molecular formula is C15H20N6. The molecule has 110 valence electrons. The third-order valence-electron chi connectivity index (χ3n) is 2.80. The van der Waals surface area contributed by atoms with Gasteiger partial charge in [-0.25, -0.2) is 9.97 Å². The van der Waals surface area contributed by atoms with Crippen LogP contribution in [0, 0.1) is 5.41 Å². The van der Waals surface area contributed by atoms with Gasteiger partial charge in [0.25, 0.3) is 0 Å². The minimum Gasteiger partial charge on any atom is -0.399 e. The van der Waals surface area contributed by atoms with Gasteiger partial charge in [-0.3, -0.25) is 5.41 Å². The molecule has 0 bridgehead atoms. The van der Waals surface area contributed by atoms with Crippen molar-refractivity contribution in [3.05, 3.63) is 41.7 Å². The van der Waals surface area contributed by atoms with Crippen molar-refractivity contribution >= 4 is 23.0 Å². The maximum atomic E-state index is 8.40. The summed E-state index contributed by atoms with van der Waals surface area (Å²) < 4.78 is 0. The predicted octanol–water partition coefficient (Wildman–Crippen LogP) is 2.27. The Morgan fingerprint density at radius 1 is 1.19 bits per heavy atom. The van der Waals surface area contributed by atoms with Crippen molar-refractivity contribution in [1.82, 2.24) is 9.97 Å². The van der Waals surface area contributed by atoms with Gasteiger partial charge in [0.1, 0.15) is 18.0 Å². The highest BCUT2D eigenvalue weighted by Gasteiger charge is 2.19. The molecule has 0 saturated heterocycles. The second-order valence-corrected chi connectivity index (χ2v) is 5.86. The van der Waals surface area contributed by atoms with Gasteiger partial charge in [-0.2, -0.15) is 0 Å². The van der Waals surface area contributed by atoms with Gasteiger partial charge in [0, 0.05) is 16.8 Å². The Balaban J connectivity index is 2.50. The van der Waals surface area contributed by atoms with E-state index in [1.165, 1.54) is 6.33 Å². The molecule has 2 rings (SSSR count). The summed E-state index contributed by atoms with van der Waals surface area (Å²) in [5, 5.41) is 11.7. The molecule has 0 aliphatic carbocycles. The fourth-order valence-corrected chi connectivity index (χ4v) is 1.93. The first-order valence-corrected chi connectivity index (χ1v) is 6.61. The van der Waals surface area contributed by atoms with Crippen molar-refractivity contribution in [3.63, 3.8) is 0 Å². The molecule has 0 spiro atoms. The molecule has 1 aromatic heterocycles. The molecule has 0 aliphatic heterocycles. The van der Waals surface area contributed by atoms with Crippen LogP contribution in [0.4, 0.5) is 17.3 Å². The van der Waals surface area contributed by atoms with Crippen molar-refractivity contribution in [2.75, 3.05) is 16.8 Å². The first kappa shape index (κ1) is 14.8. The molecule has 0 aliphatic rings. The molecule has 6 nitrogen and oxygen atoms in total. The SMILES string of the molecule is CC(C)(C)Nc1ncnc(N)c1C(=N)c1cccc(N)c1. The van der Waals surface area contributed by atoms with E-state index in [4.69, 9.17) is 16.9 Å². The molecule has 0 fully saturated rings. The number of nitrogens with one attached hydrogen (secondary N) is 2. The van der Waals surface area contributed by atoms with Crippen LogP contribution in [0.2, 0.25) is 0 Å². The quantitative estimate of drug-likeness (QED) is 0.510. The van der Waals surface area contributed by atoms with Crippen molar-refractivity contribution in [2.24, 2.45) is 0 Å². The van der Waals surface area contributed by atoms with E-state index in [0.29, 0.717) is 22.6 Å². The van der Waals surface area contributed by atoms with Crippen molar-refractivity contribution < 1.29 is 0 Å². The first-order valence-electron chi connectivity index (χ1n) is 6.61. The van der Waals surface area contributed by atoms with Crippen molar-refractivity contribution in [3.8, 4) is 0 Å². The predicted molar refractivity (Wildman–Crippen MR) is 86.6 cm³/mol. The van der Waals surface area contributed by atoms with Gasteiger partial charge in [0.05, 0.1) is 11.3 Å². The standard InChI is InChI=1S/C15H20N6/c1-15(2,3)21-14-11(13(18)19-8-20-14)12(17)9-5-4-6-10(16)7-9/h4-8,17H,16H2,1-3H3,(H3,18,19,20,21). The van der Waals surface area contributed by atoms with E-state index >= 15 is 0 Å². The Kier molecular flexibility index (Phi) is 3.80. The van der Waals surface area contributed by atoms with Crippen LogP contribution in [-0.2, 0) is 0 Å². The summed E-state index contributed by atoms with van der Waals surface area (Å²) in [5.41, 5.74) is 13.5. The zero-order valence-electron chi connectivity index (χ0n) is 12.4. The molecule has 2 aromatic rings. The van der Waals surface area contributed by atoms with Crippen LogP contribution in [0.5, 0.6) is 0 Å². The third-order valence-corrected chi connectivity index (χ3v) is 2.80. The molecule has 1 aromatic carbocycles. The van der Waals surface area contributed by atoms with Gasteiger partial charge in [-0.1, -0.05) is 12.1 Å². The monoisotopic (exact) mass is 284 g/mol. The molecule has 6 heteroatoms. The molecule has 0 amide bonds. The normalized spacial score (nSPS) is 11.2. The molecule has 21 heavy (non-hydrogen) atoms. The molecule has 0 saturated carbocycles. The summed E-state index contributed by atoms with van der Waals surface area (Å²) in [6.07, 6.45) is 1.39. The number of nitrogen functional groups attached to an aromatic ring is 2. The van der Waals surface area contributed by atoms with E-state index in [-0.39, 0.29) is 17.1 Å². The zero-order chi connectivity index (χ0) is 15.6. The van der Waals surface area contributed by atoms with Crippen LogP contribution in [0.1, 0.15) is 31.9 Å². The van der Waals surface area contributed by atoms with Gasteiger partial charge in [0.15, 0.2) is 0 Å². The number of nitrogens with two attached hydrogens (primary N) is 2. The van der Waals surface area contributed by atoms with Crippen molar-refractivity contribution in [2.45, 2.75) is 26.3 Å². The molecule has 6 N–H and O–H groups in total. The average molecular weight is 284 g/mol. The molecule has 0 radical (unpaired) electrons. The summed E-state index contributed by atoms with van der Waals surface area (Å²) in [4.78, 5) is 8.21. The van der Waals surface area contributed by atoms with Crippen LogP contribution in [0.3, 0.4) is 0 Å². The van der Waals surface area contributed by atoms with E-state index in [9.17, 15) is 0 Å². The van der Waals surface area contributed by atoms with Gasteiger partial charge < -0.3 is 16.8 Å². The molecule has 0 atom stereocenters. The number of hydrogen-bond acceptors (Lipinski definition) is 6. The smallest absolute Gasteiger partial charge is 0.141 e. The van der Waals surface area contributed by atoms with Crippen LogP contribution in [0.15, 0.2) is 30.6 Å². The number of nitrogens with zero attached hydrogens (tertiary/aromatic N) is 2. The van der Waals surface area contributed by atoms with E-state index in [1.807, 2.05) is 26.8 Å². The largest absolute Gasteiger partial charge is 0.399 e. The summed E-state index contributed by atoms with van der Waals surface area (Å²) in [6.45, 7) is 6.04. The lowest BCUT2D eigenvalue weighted by Gasteiger charge is -2.23. The number of rotatable bonds is 3. The summed E-state index contributed by atoms with van der Waals surface area (Å²) >= 11 is 0. The Hall–Kier alpha value is -2.63. The number of aromatic nitrogens is 2. The van der Waals surface area contributed by atoms with E-state index in [1.54, 1.807) is 18.2 Å². The lowest BCUT2D eigenvalue weighted by atomic mass is 10.0. The topological polar surface area (TPSA) is 114 Å². The van der Waals surface area contributed by atoms with Gasteiger partial charge >= 0.3 is 0 Å². The Morgan fingerprint density at radius 2 is 1.90 bits per heavy atom. The van der Waals surface area contributed by atoms with E-state index in [0.717, 1.165) is 0 Å². The number of anilines is 3. The number of hydrogen-bond donors (Lipinski definition) is 4. The minimum absolute atomic E-state index is 0.203.